The Morgan fingerprint density at radius 1 is 1.39 bits per heavy atom. The molecule has 1 unspecified atom stereocenters. The molecule has 0 aromatic heterocycles. The van der Waals surface area contributed by atoms with Crippen LogP contribution in [0.15, 0.2) is 24.3 Å². The molecule has 0 aliphatic carbocycles. The van der Waals surface area contributed by atoms with Gasteiger partial charge in [-0.05, 0) is 18.6 Å². The van der Waals surface area contributed by atoms with E-state index in [0.29, 0.717) is 5.56 Å². The summed E-state index contributed by atoms with van der Waals surface area (Å²) in [6, 6.07) is 6.19. The second-order valence-corrected chi connectivity index (χ2v) is 3.94. The molecule has 1 aromatic carbocycles. The molecule has 0 heterocycles. The number of alkyl halides is 3. The summed E-state index contributed by atoms with van der Waals surface area (Å²) in [5, 5.41) is -0.924. The number of carbonyl (C=O) groups is 1. The Morgan fingerprint density at radius 3 is 2.67 bits per heavy atom. The predicted octanol–water partition coefficient (Wildman–Crippen LogP) is 3.00. The minimum absolute atomic E-state index is 0.0162. The van der Waals surface area contributed by atoms with Crippen molar-refractivity contribution in [3.63, 3.8) is 0 Å². The number of hydrogen-bond acceptors (Lipinski definition) is 3. The van der Waals surface area contributed by atoms with E-state index in [1.165, 1.54) is 6.07 Å². The van der Waals surface area contributed by atoms with Crippen LogP contribution in [-0.4, -0.2) is 24.6 Å². The van der Waals surface area contributed by atoms with Crippen LogP contribution >= 0.6 is 11.6 Å². The Kier molecular flexibility index (Phi) is 5.85. The Bertz CT molecular complexity index is 399. The summed E-state index contributed by atoms with van der Waals surface area (Å²) in [7, 11) is 0. The van der Waals surface area contributed by atoms with Gasteiger partial charge in [-0.3, -0.25) is 4.79 Å². The van der Waals surface area contributed by atoms with Crippen molar-refractivity contribution in [3.05, 3.63) is 29.8 Å². The average Bonchev–Trinajstić information content (AvgIpc) is 2.31. The van der Waals surface area contributed by atoms with Crippen molar-refractivity contribution >= 4 is 17.6 Å². The van der Waals surface area contributed by atoms with Gasteiger partial charge in [0.15, 0.2) is 0 Å². The lowest BCUT2D eigenvalue weighted by molar-refractivity contribution is -0.142. The minimum Gasteiger partial charge on any atom is -0.465 e. The molecule has 100 valence electrons. The molecule has 1 aromatic rings. The van der Waals surface area contributed by atoms with Crippen molar-refractivity contribution in [2.45, 2.75) is 25.3 Å². The number of esters is 1. The van der Waals surface area contributed by atoms with Crippen LogP contribution in [-0.2, 0) is 16.0 Å². The van der Waals surface area contributed by atoms with Crippen LogP contribution in [0.4, 0.5) is 8.78 Å². The molecule has 0 saturated heterocycles. The predicted molar refractivity (Wildman–Crippen MR) is 63.1 cm³/mol. The highest BCUT2D eigenvalue weighted by atomic mass is 35.5. The van der Waals surface area contributed by atoms with Gasteiger partial charge in [-0.2, -0.15) is 8.78 Å². The molecule has 0 spiro atoms. The van der Waals surface area contributed by atoms with Gasteiger partial charge in [0.25, 0.3) is 0 Å². The molecule has 0 saturated carbocycles. The van der Waals surface area contributed by atoms with E-state index in [2.05, 4.69) is 4.74 Å². The Morgan fingerprint density at radius 2 is 2.06 bits per heavy atom. The number of benzene rings is 1. The molecule has 0 amide bonds. The molecular formula is C12H13ClF2O3. The average molecular weight is 279 g/mol. The van der Waals surface area contributed by atoms with Crippen LogP contribution in [0, 0.1) is 0 Å². The maximum atomic E-state index is 12.2. The van der Waals surface area contributed by atoms with Crippen molar-refractivity contribution < 1.29 is 23.0 Å². The highest BCUT2D eigenvalue weighted by Gasteiger charge is 2.19. The molecular weight excluding hydrogens is 266 g/mol. The lowest BCUT2D eigenvalue weighted by Crippen LogP contribution is -2.20. The molecule has 18 heavy (non-hydrogen) atoms. The van der Waals surface area contributed by atoms with E-state index in [9.17, 15) is 13.6 Å². The standard InChI is InChI=1S/C12H13ClF2O3/c1-2-17-11(16)9(13)7-8-5-3-4-6-10(8)18-12(14)15/h3-6,9,12H,2,7H2,1H3. The van der Waals surface area contributed by atoms with Crippen molar-refractivity contribution in [1.29, 1.82) is 0 Å². The monoisotopic (exact) mass is 278 g/mol. The third kappa shape index (κ3) is 4.49. The molecule has 6 heteroatoms. The smallest absolute Gasteiger partial charge is 0.387 e. The van der Waals surface area contributed by atoms with Gasteiger partial charge in [-0.1, -0.05) is 18.2 Å². The molecule has 0 fully saturated rings. The summed E-state index contributed by atoms with van der Waals surface area (Å²) < 4.78 is 33.4. The largest absolute Gasteiger partial charge is 0.465 e. The van der Waals surface area contributed by atoms with Gasteiger partial charge in [0.2, 0.25) is 0 Å². The van der Waals surface area contributed by atoms with Gasteiger partial charge in [0, 0.05) is 6.42 Å². The Hall–Kier alpha value is -1.36. The second-order valence-electron chi connectivity index (χ2n) is 3.41. The van der Waals surface area contributed by atoms with Crippen LogP contribution in [0.5, 0.6) is 5.75 Å². The zero-order valence-electron chi connectivity index (χ0n) is 9.74. The molecule has 3 nitrogen and oxygen atoms in total. The van der Waals surface area contributed by atoms with E-state index in [1.54, 1.807) is 25.1 Å². The number of carbonyl (C=O) groups excluding carboxylic acids is 1. The first kappa shape index (κ1) is 14.7. The summed E-state index contributed by atoms with van der Waals surface area (Å²) in [5.41, 5.74) is 0.436. The maximum absolute atomic E-state index is 12.2. The number of halogens is 3. The highest BCUT2D eigenvalue weighted by molar-refractivity contribution is 6.30. The van der Waals surface area contributed by atoms with Gasteiger partial charge < -0.3 is 9.47 Å². The normalized spacial score (nSPS) is 12.3. The van der Waals surface area contributed by atoms with Crippen molar-refractivity contribution in [3.8, 4) is 5.75 Å². The van der Waals surface area contributed by atoms with E-state index < -0.39 is 18.0 Å². The van der Waals surface area contributed by atoms with Gasteiger partial charge in [0.05, 0.1) is 6.61 Å². The van der Waals surface area contributed by atoms with Crippen molar-refractivity contribution in [2.75, 3.05) is 6.61 Å². The first-order chi connectivity index (χ1) is 8.54. The van der Waals surface area contributed by atoms with Gasteiger partial charge in [0.1, 0.15) is 11.1 Å². The van der Waals surface area contributed by atoms with E-state index >= 15 is 0 Å². The first-order valence-corrected chi connectivity index (χ1v) is 5.81. The molecule has 0 bridgehead atoms. The number of ether oxygens (including phenoxy) is 2. The van der Waals surface area contributed by atoms with Crippen LogP contribution in [0.25, 0.3) is 0 Å². The minimum atomic E-state index is -2.91. The molecule has 0 N–H and O–H groups in total. The van der Waals surface area contributed by atoms with Crippen LogP contribution in [0.2, 0.25) is 0 Å². The summed E-state index contributed by atoms with van der Waals surface area (Å²) in [4.78, 5) is 11.3. The van der Waals surface area contributed by atoms with Crippen molar-refractivity contribution in [2.24, 2.45) is 0 Å². The zero-order chi connectivity index (χ0) is 13.5. The fourth-order valence-corrected chi connectivity index (χ4v) is 1.62. The quantitative estimate of drug-likeness (QED) is 0.593. The molecule has 1 atom stereocenters. The number of para-hydroxylation sites is 1. The Balaban J connectivity index is 2.74. The van der Waals surface area contributed by atoms with Gasteiger partial charge >= 0.3 is 12.6 Å². The van der Waals surface area contributed by atoms with Gasteiger partial charge in [-0.15, -0.1) is 11.6 Å². The zero-order valence-corrected chi connectivity index (χ0v) is 10.5. The Labute approximate surface area is 109 Å². The SMILES string of the molecule is CCOC(=O)C(Cl)Cc1ccccc1OC(F)F. The third-order valence-electron chi connectivity index (χ3n) is 2.13. The van der Waals surface area contributed by atoms with E-state index in [0.717, 1.165) is 0 Å². The van der Waals surface area contributed by atoms with Crippen LogP contribution in [0.3, 0.4) is 0 Å². The summed E-state index contributed by atoms with van der Waals surface area (Å²) in [5.74, 6) is -0.562. The van der Waals surface area contributed by atoms with E-state index in [-0.39, 0.29) is 18.8 Å². The molecule has 0 radical (unpaired) electrons. The van der Waals surface area contributed by atoms with Gasteiger partial charge in [-0.25, -0.2) is 0 Å². The second kappa shape index (κ2) is 7.16. The summed E-state index contributed by atoms with van der Waals surface area (Å²) >= 11 is 5.84. The lowest BCUT2D eigenvalue weighted by Gasteiger charge is -2.12. The lowest BCUT2D eigenvalue weighted by atomic mass is 10.1. The maximum Gasteiger partial charge on any atom is 0.387 e. The number of rotatable bonds is 6. The van der Waals surface area contributed by atoms with Crippen molar-refractivity contribution in [1.82, 2.24) is 0 Å². The fourth-order valence-electron chi connectivity index (χ4n) is 1.39. The first-order valence-electron chi connectivity index (χ1n) is 5.38. The fraction of sp³-hybridized carbons (Fsp3) is 0.417. The molecule has 0 aliphatic heterocycles. The van der Waals surface area contributed by atoms with Crippen LogP contribution < -0.4 is 4.74 Å². The summed E-state index contributed by atoms with van der Waals surface area (Å²) in [6.45, 7) is -1.03. The third-order valence-corrected chi connectivity index (χ3v) is 2.46. The molecule has 0 aliphatic rings. The highest BCUT2D eigenvalue weighted by Crippen LogP contribution is 2.23. The molecule has 1 rings (SSSR count). The number of hydrogen-bond donors (Lipinski definition) is 0. The topological polar surface area (TPSA) is 35.5 Å². The summed E-state index contributed by atoms with van der Waals surface area (Å²) in [6.07, 6.45) is 0.0727. The van der Waals surface area contributed by atoms with Crippen LogP contribution in [0.1, 0.15) is 12.5 Å². The van der Waals surface area contributed by atoms with E-state index in [1.807, 2.05) is 0 Å². The van der Waals surface area contributed by atoms with E-state index in [4.69, 9.17) is 16.3 Å².